The molecule has 0 atom stereocenters. The summed E-state index contributed by atoms with van der Waals surface area (Å²) in [5, 5.41) is 3.05. The third kappa shape index (κ3) is 4.11. The molecule has 1 aliphatic heterocycles. The van der Waals surface area contributed by atoms with Crippen LogP contribution in [0.3, 0.4) is 0 Å². The lowest BCUT2D eigenvalue weighted by atomic mass is 9.58. The highest BCUT2D eigenvalue weighted by Gasteiger charge is 2.61. The van der Waals surface area contributed by atoms with Crippen molar-refractivity contribution in [2.24, 2.45) is 17.3 Å². The lowest BCUT2D eigenvalue weighted by Gasteiger charge is -2.51. The monoisotopic (exact) mass is 562 g/mol. The normalized spacial score (nSPS) is 29.3. The molecule has 2 aromatic rings. The van der Waals surface area contributed by atoms with E-state index in [1.807, 2.05) is 24.1 Å². The Balaban J connectivity index is 1.07. The number of fused-ring (bicyclic) bond motifs is 2. The van der Waals surface area contributed by atoms with E-state index in [4.69, 9.17) is 4.98 Å². The fraction of sp³-hybridized carbons (Fsp3) is 0.656. The van der Waals surface area contributed by atoms with Crippen LogP contribution in [0.4, 0.5) is 17.5 Å². The Labute approximate surface area is 238 Å². The van der Waals surface area contributed by atoms with Crippen LogP contribution in [0.15, 0.2) is 29.3 Å². The Morgan fingerprint density at radius 3 is 2.35 bits per heavy atom. The first-order valence-corrected chi connectivity index (χ1v) is 17.0. The summed E-state index contributed by atoms with van der Waals surface area (Å²) in [5.74, 6) is 2.93. The fourth-order valence-corrected chi connectivity index (χ4v) is 10.4. The van der Waals surface area contributed by atoms with E-state index in [0.717, 1.165) is 85.8 Å². The zero-order valence-electron chi connectivity index (χ0n) is 24.1. The standard InChI is InChI=1S/C32H42N4O3S/c1-20(2)22-10-12-31(13-11-22)17-25(18-31)40(38,39)24-8-9-27(21(3)16-24)34-30-33-19-26-28(35-30)36(23-6-4-5-7-23)29(37)32(26)14-15-32/h8-9,16,19-20,22-23,25H,4-7,10-15,17-18H2,1-3H3,(H,33,34,35). The van der Waals surface area contributed by atoms with Gasteiger partial charge in [-0.3, -0.25) is 9.69 Å². The van der Waals surface area contributed by atoms with Gasteiger partial charge in [0.05, 0.1) is 15.6 Å². The van der Waals surface area contributed by atoms with Gasteiger partial charge < -0.3 is 5.32 Å². The van der Waals surface area contributed by atoms with Crippen molar-refractivity contribution >= 4 is 33.2 Å². The van der Waals surface area contributed by atoms with E-state index in [-0.39, 0.29) is 22.6 Å². The first-order chi connectivity index (χ1) is 19.1. The maximum atomic E-state index is 13.5. The largest absolute Gasteiger partial charge is 0.324 e. The molecule has 2 spiro atoms. The van der Waals surface area contributed by atoms with Gasteiger partial charge in [-0.25, -0.2) is 13.4 Å². The number of hydrogen-bond acceptors (Lipinski definition) is 6. The number of amides is 1. The highest BCUT2D eigenvalue weighted by molar-refractivity contribution is 7.92. The maximum absolute atomic E-state index is 13.5. The van der Waals surface area contributed by atoms with E-state index < -0.39 is 15.3 Å². The summed E-state index contributed by atoms with van der Waals surface area (Å²) in [6.45, 7) is 6.55. The number of aromatic nitrogens is 2. The topological polar surface area (TPSA) is 92.3 Å². The average molecular weight is 563 g/mol. The van der Waals surface area contributed by atoms with Crippen molar-refractivity contribution in [3.8, 4) is 0 Å². The van der Waals surface area contributed by atoms with Crippen LogP contribution in [-0.2, 0) is 20.0 Å². The molecule has 2 heterocycles. The lowest BCUT2D eigenvalue weighted by Crippen LogP contribution is -2.47. The van der Waals surface area contributed by atoms with Gasteiger partial charge in [-0.1, -0.05) is 26.7 Å². The molecule has 0 bridgehead atoms. The lowest BCUT2D eigenvalue weighted by molar-refractivity contribution is -0.120. The second kappa shape index (κ2) is 9.27. The molecule has 7 rings (SSSR count). The number of anilines is 3. The molecule has 8 heteroatoms. The molecule has 0 radical (unpaired) electrons. The summed E-state index contributed by atoms with van der Waals surface area (Å²) in [4.78, 5) is 25.2. The number of nitrogens with one attached hydrogen (secondary N) is 1. The summed E-state index contributed by atoms with van der Waals surface area (Å²) in [7, 11) is -3.36. The van der Waals surface area contributed by atoms with Crippen LogP contribution in [0.1, 0.15) is 102 Å². The van der Waals surface area contributed by atoms with Crippen LogP contribution in [0.5, 0.6) is 0 Å². The molecule has 214 valence electrons. The van der Waals surface area contributed by atoms with E-state index in [9.17, 15) is 13.2 Å². The van der Waals surface area contributed by atoms with E-state index in [1.54, 1.807) is 12.1 Å². The van der Waals surface area contributed by atoms with Crippen LogP contribution >= 0.6 is 0 Å². The zero-order chi connectivity index (χ0) is 27.9. The highest BCUT2D eigenvalue weighted by atomic mass is 32.2. The Morgan fingerprint density at radius 1 is 1.02 bits per heavy atom. The molecule has 5 aliphatic rings. The number of carbonyl (C=O) groups excluding carboxylic acids is 1. The Kier molecular flexibility index (Phi) is 6.12. The van der Waals surface area contributed by atoms with Crippen LogP contribution < -0.4 is 10.2 Å². The average Bonchev–Trinajstić information content (AvgIpc) is 3.47. The smallest absolute Gasteiger partial charge is 0.239 e. The molecule has 1 N–H and O–H groups in total. The minimum absolute atomic E-state index is 0.206. The number of hydrogen-bond donors (Lipinski definition) is 1. The quantitative estimate of drug-likeness (QED) is 0.425. The molecule has 4 aliphatic carbocycles. The summed E-state index contributed by atoms with van der Waals surface area (Å²) < 4.78 is 27.1. The fourth-order valence-electron chi connectivity index (χ4n) is 8.22. The van der Waals surface area contributed by atoms with Gasteiger partial charge in [0, 0.05) is 23.5 Å². The van der Waals surface area contributed by atoms with Crippen molar-refractivity contribution in [1.82, 2.24) is 9.97 Å². The first-order valence-electron chi connectivity index (χ1n) is 15.4. The summed E-state index contributed by atoms with van der Waals surface area (Å²) >= 11 is 0. The van der Waals surface area contributed by atoms with Gasteiger partial charge in [0.2, 0.25) is 11.9 Å². The van der Waals surface area contributed by atoms with Gasteiger partial charge in [0.1, 0.15) is 5.82 Å². The molecule has 0 saturated heterocycles. The maximum Gasteiger partial charge on any atom is 0.239 e. The van der Waals surface area contributed by atoms with Gasteiger partial charge in [-0.15, -0.1) is 0 Å². The van der Waals surface area contributed by atoms with E-state index in [2.05, 4.69) is 24.1 Å². The molecule has 7 nitrogen and oxygen atoms in total. The molecule has 4 saturated carbocycles. The van der Waals surface area contributed by atoms with Crippen molar-refractivity contribution in [3.63, 3.8) is 0 Å². The van der Waals surface area contributed by atoms with Crippen molar-refractivity contribution in [3.05, 3.63) is 35.5 Å². The number of nitrogens with zero attached hydrogens (tertiary/aromatic N) is 3. The SMILES string of the molecule is Cc1cc(S(=O)(=O)C2CC3(CCC(C(C)C)CC3)C2)ccc1Nc1ncc2c(n1)N(C1CCCC1)C(=O)C21CC1. The number of benzene rings is 1. The van der Waals surface area contributed by atoms with Gasteiger partial charge in [0.15, 0.2) is 9.84 Å². The molecule has 1 amide bonds. The minimum atomic E-state index is -3.36. The Hall–Kier alpha value is -2.48. The van der Waals surface area contributed by atoms with Crippen molar-refractivity contribution in [1.29, 1.82) is 0 Å². The zero-order valence-corrected chi connectivity index (χ0v) is 24.9. The van der Waals surface area contributed by atoms with Crippen LogP contribution in [0, 0.1) is 24.2 Å². The predicted octanol–water partition coefficient (Wildman–Crippen LogP) is 6.62. The summed E-state index contributed by atoms with van der Waals surface area (Å²) in [5.41, 5.74) is 2.46. The molecule has 1 aromatic carbocycles. The number of aryl methyl sites for hydroxylation is 1. The second-order valence-corrected chi connectivity index (χ2v) is 16.1. The molecule has 4 fully saturated rings. The van der Waals surface area contributed by atoms with Crippen LogP contribution in [0.25, 0.3) is 0 Å². The molecular formula is C32H42N4O3S. The van der Waals surface area contributed by atoms with Crippen LogP contribution in [-0.4, -0.2) is 35.6 Å². The van der Waals surface area contributed by atoms with E-state index in [1.165, 1.54) is 25.7 Å². The van der Waals surface area contributed by atoms with Gasteiger partial charge >= 0.3 is 0 Å². The van der Waals surface area contributed by atoms with E-state index >= 15 is 0 Å². The number of rotatable bonds is 6. The molecule has 40 heavy (non-hydrogen) atoms. The predicted molar refractivity (Wildman–Crippen MR) is 157 cm³/mol. The Bertz CT molecular complexity index is 1440. The third-order valence-electron chi connectivity index (χ3n) is 11.1. The molecule has 1 aromatic heterocycles. The third-order valence-corrected chi connectivity index (χ3v) is 13.3. The number of carbonyl (C=O) groups is 1. The molecule has 0 unspecified atom stereocenters. The number of sulfone groups is 1. The second-order valence-electron chi connectivity index (χ2n) is 13.9. The van der Waals surface area contributed by atoms with Gasteiger partial charge in [-0.2, -0.15) is 4.98 Å². The van der Waals surface area contributed by atoms with Crippen molar-refractivity contribution in [2.75, 3.05) is 10.2 Å². The van der Waals surface area contributed by atoms with Crippen molar-refractivity contribution < 1.29 is 13.2 Å². The minimum Gasteiger partial charge on any atom is -0.324 e. The molecular weight excluding hydrogens is 520 g/mol. The Morgan fingerprint density at radius 2 is 1.73 bits per heavy atom. The van der Waals surface area contributed by atoms with Gasteiger partial charge in [-0.05, 0) is 112 Å². The van der Waals surface area contributed by atoms with E-state index in [0.29, 0.717) is 10.8 Å². The van der Waals surface area contributed by atoms with Crippen molar-refractivity contribution in [2.45, 2.75) is 119 Å². The summed E-state index contributed by atoms with van der Waals surface area (Å²) in [6.07, 6.45) is 14.4. The van der Waals surface area contributed by atoms with Crippen LogP contribution in [0.2, 0.25) is 0 Å². The summed E-state index contributed by atoms with van der Waals surface area (Å²) in [6, 6.07) is 5.59. The highest BCUT2D eigenvalue weighted by Crippen LogP contribution is 2.58. The van der Waals surface area contributed by atoms with Gasteiger partial charge in [0.25, 0.3) is 0 Å². The first kappa shape index (κ1) is 26.4.